The Kier molecular flexibility index (Phi) is 4.66. The summed E-state index contributed by atoms with van der Waals surface area (Å²) in [6.07, 6.45) is 4.32. The number of hydrogen-bond donors (Lipinski definition) is 1. The molecular formula is C16H20N6O2. The molecule has 1 N–H and O–H groups in total. The van der Waals surface area contributed by atoms with Crippen LogP contribution in [0.5, 0.6) is 0 Å². The van der Waals surface area contributed by atoms with Crippen molar-refractivity contribution in [1.29, 1.82) is 0 Å². The van der Waals surface area contributed by atoms with Gasteiger partial charge in [0, 0.05) is 37.2 Å². The fourth-order valence-electron chi connectivity index (χ4n) is 2.90. The lowest BCUT2D eigenvalue weighted by Crippen LogP contribution is -2.37. The van der Waals surface area contributed by atoms with Crippen molar-refractivity contribution < 1.29 is 4.79 Å². The molecule has 1 atom stereocenters. The van der Waals surface area contributed by atoms with Crippen molar-refractivity contribution in [1.82, 2.24) is 29.7 Å². The number of carbonyl (C=O) groups is 1. The van der Waals surface area contributed by atoms with Crippen LogP contribution >= 0.6 is 0 Å². The van der Waals surface area contributed by atoms with Crippen molar-refractivity contribution in [2.24, 2.45) is 0 Å². The second-order valence-corrected chi connectivity index (χ2v) is 6.03. The summed E-state index contributed by atoms with van der Waals surface area (Å²) in [5.41, 5.74) is 0.339. The van der Waals surface area contributed by atoms with Crippen molar-refractivity contribution in [3.05, 3.63) is 52.2 Å². The summed E-state index contributed by atoms with van der Waals surface area (Å²) in [5, 5.41) is 0. The molecule has 126 valence electrons. The molecule has 3 heterocycles. The first-order chi connectivity index (χ1) is 11.5. The van der Waals surface area contributed by atoms with Crippen LogP contribution in [0.2, 0.25) is 0 Å². The minimum atomic E-state index is -0.493. The summed E-state index contributed by atoms with van der Waals surface area (Å²) in [5.74, 6) is 0.563. The minimum absolute atomic E-state index is 0.198. The number of H-pyrrole nitrogens is 1. The average molecular weight is 328 g/mol. The molecule has 1 aliphatic heterocycles. The van der Waals surface area contributed by atoms with E-state index in [-0.39, 0.29) is 17.6 Å². The molecular weight excluding hydrogens is 308 g/mol. The molecule has 8 nitrogen and oxygen atoms in total. The molecule has 0 aliphatic carbocycles. The normalized spacial score (nSPS) is 17.5. The first-order valence-corrected chi connectivity index (χ1v) is 7.86. The van der Waals surface area contributed by atoms with Gasteiger partial charge < -0.3 is 9.88 Å². The van der Waals surface area contributed by atoms with Crippen LogP contribution in [0.3, 0.4) is 0 Å². The van der Waals surface area contributed by atoms with E-state index >= 15 is 0 Å². The maximum Gasteiger partial charge on any atom is 0.345 e. The number of amides is 1. The minimum Gasteiger partial charge on any atom is -0.336 e. The number of likely N-dealkylation sites (tertiary alicyclic amines) is 1. The third-order valence-electron chi connectivity index (χ3n) is 4.18. The Bertz CT molecular complexity index is 776. The second kappa shape index (κ2) is 6.88. The standard InChI is InChI=1S/C16H20N6O2/c1-11-8-13(20-16(24)19-11)15(23)22-7-4-12(9-22)21(2)10-14-17-5-3-6-18-14/h3,5-6,8,12H,4,7,9-10H2,1-2H3,(H,19,20,24)/t12-/m0/s1. The largest absolute Gasteiger partial charge is 0.345 e. The summed E-state index contributed by atoms with van der Waals surface area (Å²) in [6, 6.07) is 3.63. The van der Waals surface area contributed by atoms with Gasteiger partial charge in [-0.05, 0) is 32.5 Å². The zero-order valence-corrected chi connectivity index (χ0v) is 13.8. The Labute approximate surface area is 139 Å². The van der Waals surface area contributed by atoms with Crippen molar-refractivity contribution in [3.8, 4) is 0 Å². The Morgan fingerprint density at radius 2 is 2.17 bits per heavy atom. The molecule has 24 heavy (non-hydrogen) atoms. The number of likely N-dealkylation sites (N-methyl/N-ethyl adjacent to an activating group) is 1. The highest BCUT2D eigenvalue weighted by Gasteiger charge is 2.30. The van der Waals surface area contributed by atoms with E-state index in [0.717, 1.165) is 12.2 Å². The molecule has 0 radical (unpaired) electrons. The van der Waals surface area contributed by atoms with E-state index in [2.05, 4.69) is 24.8 Å². The van der Waals surface area contributed by atoms with Gasteiger partial charge in [-0.2, -0.15) is 4.98 Å². The Morgan fingerprint density at radius 3 is 2.88 bits per heavy atom. The lowest BCUT2D eigenvalue weighted by atomic mass is 10.2. The molecule has 1 amide bonds. The molecule has 1 aliphatic rings. The van der Waals surface area contributed by atoms with Crippen molar-refractivity contribution in [2.45, 2.75) is 25.9 Å². The molecule has 3 rings (SSSR count). The van der Waals surface area contributed by atoms with Crippen LogP contribution in [0.15, 0.2) is 29.3 Å². The van der Waals surface area contributed by atoms with Crippen LogP contribution in [0.1, 0.15) is 28.4 Å². The molecule has 2 aromatic rings. The van der Waals surface area contributed by atoms with Gasteiger partial charge in [-0.15, -0.1) is 0 Å². The summed E-state index contributed by atoms with van der Waals surface area (Å²) in [4.78, 5) is 42.7. The van der Waals surface area contributed by atoms with E-state index in [0.29, 0.717) is 25.3 Å². The Hall–Kier alpha value is -2.61. The van der Waals surface area contributed by atoms with E-state index in [9.17, 15) is 9.59 Å². The van der Waals surface area contributed by atoms with Gasteiger partial charge in [0.1, 0.15) is 11.5 Å². The van der Waals surface area contributed by atoms with Crippen LogP contribution in [0.4, 0.5) is 0 Å². The SMILES string of the molecule is Cc1cc(C(=O)N2CC[C@H](N(C)Cc3ncccn3)C2)nc(=O)[nH]1. The molecule has 0 unspecified atom stereocenters. The fourth-order valence-corrected chi connectivity index (χ4v) is 2.90. The highest BCUT2D eigenvalue weighted by atomic mass is 16.2. The topological polar surface area (TPSA) is 95.1 Å². The predicted molar refractivity (Wildman–Crippen MR) is 87.4 cm³/mol. The third kappa shape index (κ3) is 3.65. The van der Waals surface area contributed by atoms with Gasteiger partial charge in [-0.1, -0.05) is 0 Å². The highest BCUT2D eigenvalue weighted by Crippen LogP contribution is 2.17. The zero-order chi connectivity index (χ0) is 17.1. The number of rotatable bonds is 4. The third-order valence-corrected chi connectivity index (χ3v) is 4.18. The molecule has 2 aromatic heterocycles. The molecule has 1 saturated heterocycles. The smallest absolute Gasteiger partial charge is 0.336 e. The number of aromatic amines is 1. The summed E-state index contributed by atoms with van der Waals surface area (Å²) >= 11 is 0. The average Bonchev–Trinajstić information content (AvgIpc) is 3.04. The number of carbonyl (C=O) groups excluding carboxylic acids is 1. The number of nitrogens with zero attached hydrogens (tertiary/aromatic N) is 5. The number of aromatic nitrogens is 4. The van der Waals surface area contributed by atoms with E-state index in [1.807, 2.05) is 7.05 Å². The van der Waals surface area contributed by atoms with Gasteiger partial charge in [0.2, 0.25) is 0 Å². The van der Waals surface area contributed by atoms with Crippen LogP contribution < -0.4 is 5.69 Å². The van der Waals surface area contributed by atoms with E-state index in [1.165, 1.54) is 0 Å². The zero-order valence-electron chi connectivity index (χ0n) is 13.8. The monoisotopic (exact) mass is 328 g/mol. The van der Waals surface area contributed by atoms with Crippen LogP contribution in [0.25, 0.3) is 0 Å². The van der Waals surface area contributed by atoms with Gasteiger partial charge in [0.15, 0.2) is 0 Å². The quantitative estimate of drug-likeness (QED) is 0.862. The van der Waals surface area contributed by atoms with Gasteiger partial charge in [0.25, 0.3) is 5.91 Å². The van der Waals surface area contributed by atoms with Crippen LogP contribution in [-0.2, 0) is 6.54 Å². The first kappa shape index (κ1) is 16.3. The first-order valence-electron chi connectivity index (χ1n) is 7.86. The number of aryl methyl sites for hydroxylation is 1. The fraction of sp³-hybridized carbons (Fsp3) is 0.438. The lowest BCUT2D eigenvalue weighted by molar-refractivity contribution is 0.0773. The van der Waals surface area contributed by atoms with Crippen LogP contribution in [0, 0.1) is 6.92 Å². The number of hydrogen-bond acceptors (Lipinski definition) is 6. The Balaban J connectivity index is 1.64. The van der Waals surface area contributed by atoms with Gasteiger partial charge >= 0.3 is 5.69 Å². The lowest BCUT2D eigenvalue weighted by Gasteiger charge is -2.23. The van der Waals surface area contributed by atoms with Gasteiger partial charge in [0.05, 0.1) is 6.54 Å². The summed E-state index contributed by atoms with van der Waals surface area (Å²) < 4.78 is 0. The number of nitrogens with one attached hydrogen (secondary N) is 1. The molecule has 8 heteroatoms. The highest BCUT2D eigenvalue weighted by molar-refractivity contribution is 5.92. The van der Waals surface area contributed by atoms with E-state index in [1.54, 1.807) is 36.4 Å². The second-order valence-electron chi connectivity index (χ2n) is 6.03. The van der Waals surface area contributed by atoms with E-state index < -0.39 is 5.69 Å². The maximum absolute atomic E-state index is 12.5. The van der Waals surface area contributed by atoms with Crippen molar-refractivity contribution in [2.75, 3.05) is 20.1 Å². The molecule has 1 fully saturated rings. The van der Waals surface area contributed by atoms with Gasteiger partial charge in [-0.25, -0.2) is 14.8 Å². The van der Waals surface area contributed by atoms with Gasteiger partial charge in [-0.3, -0.25) is 9.69 Å². The molecule has 0 aromatic carbocycles. The van der Waals surface area contributed by atoms with Crippen molar-refractivity contribution >= 4 is 5.91 Å². The molecule has 0 bridgehead atoms. The predicted octanol–water partition coefficient (Wildman–Crippen LogP) is 0.215. The van der Waals surface area contributed by atoms with Crippen molar-refractivity contribution in [3.63, 3.8) is 0 Å². The summed E-state index contributed by atoms with van der Waals surface area (Å²) in [6.45, 7) is 3.63. The molecule has 0 saturated carbocycles. The maximum atomic E-state index is 12.5. The summed E-state index contributed by atoms with van der Waals surface area (Å²) in [7, 11) is 2.00. The molecule has 0 spiro atoms. The Morgan fingerprint density at radius 1 is 1.42 bits per heavy atom. The van der Waals surface area contributed by atoms with E-state index in [4.69, 9.17) is 0 Å². The van der Waals surface area contributed by atoms with Crippen LogP contribution in [-0.4, -0.2) is 61.8 Å².